The quantitative estimate of drug-likeness (QED) is 0.387. The number of carboxylic acid groups (broad SMARTS) is 1. The van der Waals surface area contributed by atoms with Crippen molar-refractivity contribution in [1.29, 1.82) is 0 Å². The molecule has 0 spiro atoms. The van der Waals surface area contributed by atoms with Crippen molar-refractivity contribution in [3.63, 3.8) is 0 Å². The van der Waals surface area contributed by atoms with Crippen LogP contribution in [0.15, 0.2) is 25.0 Å². The second kappa shape index (κ2) is 7.71. The molecule has 0 rings (SSSR count). The molecule has 0 aliphatic rings. The smallest absolute Gasteiger partial charge is 0.327 e. The van der Waals surface area contributed by atoms with Crippen LogP contribution in [0.3, 0.4) is 0 Å². The molecule has 0 fully saturated rings. The lowest BCUT2D eigenvalue weighted by atomic mass is 10.6. The lowest BCUT2D eigenvalue weighted by Crippen LogP contribution is -1.82. The largest absolute Gasteiger partial charge is 0.510 e. The highest BCUT2D eigenvalue weighted by Gasteiger charge is 1.73. The zero-order valence-electron chi connectivity index (χ0n) is 5.45. The normalized spacial score (nSPS) is 6.90. The highest BCUT2D eigenvalue weighted by molar-refractivity contribution is 5.78. The Morgan fingerprint density at radius 1 is 1.50 bits per heavy atom. The second-order valence-corrected chi connectivity index (χ2v) is 1.27. The highest BCUT2D eigenvalue weighted by atomic mass is 16.4. The van der Waals surface area contributed by atoms with E-state index in [1.165, 1.54) is 0 Å². The lowest BCUT2D eigenvalue weighted by Gasteiger charge is -1.80. The summed E-state index contributed by atoms with van der Waals surface area (Å²) in [6.07, 6.45) is 0.833. The number of hydrogen-bond acceptors (Lipinski definition) is 3. The van der Waals surface area contributed by atoms with Crippen LogP contribution in [-0.2, 0) is 4.79 Å². The third-order valence-corrected chi connectivity index (χ3v) is 0.357. The molecule has 0 aromatic heterocycles. The first kappa shape index (κ1) is 11.5. The maximum absolute atomic E-state index is 9.25. The molecule has 0 atom stereocenters. The highest BCUT2D eigenvalue weighted by Crippen LogP contribution is 1.70. The van der Waals surface area contributed by atoms with E-state index < -0.39 is 5.97 Å². The molecule has 10 heavy (non-hydrogen) atoms. The van der Waals surface area contributed by atoms with Gasteiger partial charge in [0.1, 0.15) is 5.76 Å². The van der Waals surface area contributed by atoms with Crippen LogP contribution in [0.4, 0.5) is 0 Å². The molecule has 0 amide bonds. The van der Waals surface area contributed by atoms with Crippen LogP contribution < -0.4 is 0 Å². The van der Waals surface area contributed by atoms with Gasteiger partial charge in [-0.25, -0.2) is 4.79 Å². The number of aliphatic hydroxyl groups is 2. The Morgan fingerprint density at radius 3 is 1.70 bits per heavy atom. The third-order valence-electron chi connectivity index (χ3n) is 0.357. The average molecular weight is 146 g/mol. The lowest BCUT2D eigenvalue weighted by molar-refractivity contribution is -0.131. The van der Waals surface area contributed by atoms with E-state index in [2.05, 4.69) is 13.2 Å². The number of rotatable bonds is 2. The summed E-state index contributed by atoms with van der Waals surface area (Å²) in [7, 11) is 0. The number of carboxylic acids is 1. The fourth-order valence-electron chi connectivity index (χ4n) is 0. The van der Waals surface area contributed by atoms with Crippen molar-refractivity contribution in [2.75, 3.05) is 6.61 Å². The Bertz CT molecular complexity index is 128. The first-order valence-corrected chi connectivity index (χ1v) is 2.37. The van der Waals surface area contributed by atoms with E-state index >= 15 is 0 Å². The van der Waals surface area contributed by atoms with E-state index in [0.717, 1.165) is 6.08 Å². The molecule has 0 bridgehead atoms. The number of carbonyl (C=O) groups is 1. The van der Waals surface area contributed by atoms with Crippen LogP contribution in [0.25, 0.3) is 0 Å². The Morgan fingerprint density at radius 2 is 1.70 bits per heavy atom. The summed E-state index contributed by atoms with van der Waals surface area (Å²) in [5.41, 5.74) is 0. The van der Waals surface area contributed by atoms with Crippen molar-refractivity contribution in [2.45, 2.75) is 0 Å². The molecule has 0 aliphatic carbocycles. The molecule has 3 N–H and O–H groups in total. The van der Waals surface area contributed by atoms with Crippen molar-refractivity contribution in [3.8, 4) is 0 Å². The van der Waals surface area contributed by atoms with E-state index in [4.69, 9.17) is 15.3 Å². The summed E-state index contributed by atoms with van der Waals surface area (Å²) in [4.78, 5) is 9.25. The Labute approximate surface area is 58.7 Å². The summed E-state index contributed by atoms with van der Waals surface area (Å²) in [6, 6.07) is 0. The first-order chi connectivity index (χ1) is 4.54. The molecule has 0 saturated carbocycles. The van der Waals surface area contributed by atoms with Gasteiger partial charge in [-0.2, -0.15) is 0 Å². The van der Waals surface area contributed by atoms with Crippen LogP contribution in [0.1, 0.15) is 0 Å². The van der Waals surface area contributed by atoms with Gasteiger partial charge >= 0.3 is 5.97 Å². The van der Waals surface area contributed by atoms with E-state index in [1.807, 2.05) is 0 Å². The minimum Gasteiger partial charge on any atom is -0.510 e. The number of aliphatic carboxylic acids is 1. The van der Waals surface area contributed by atoms with Gasteiger partial charge in [0.15, 0.2) is 0 Å². The molecule has 4 heteroatoms. The van der Waals surface area contributed by atoms with Crippen LogP contribution in [-0.4, -0.2) is 27.9 Å². The molecule has 0 radical (unpaired) electrons. The van der Waals surface area contributed by atoms with Gasteiger partial charge in [0, 0.05) is 6.08 Å². The molecule has 58 valence electrons. The van der Waals surface area contributed by atoms with Crippen molar-refractivity contribution in [3.05, 3.63) is 25.0 Å². The maximum Gasteiger partial charge on any atom is 0.327 e. The Hall–Kier alpha value is -1.29. The third kappa shape index (κ3) is 29.8. The molecular weight excluding hydrogens is 136 g/mol. The fourth-order valence-corrected chi connectivity index (χ4v) is 0. The van der Waals surface area contributed by atoms with E-state index in [0.29, 0.717) is 0 Å². The predicted octanol–water partition coefficient (Wildman–Crippen LogP) is 0.307. The van der Waals surface area contributed by atoms with Crippen LogP contribution in [0.2, 0.25) is 0 Å². The number of hydrogen-bond donors (Lipinski definition) is 3. The topological polar surface area (TPSA) is 77.8 Å². The summed E-state index contributed by atoms with van der Waals surface area (Å²) in [5, 5.41) is 23.3. The van der Waals surface area contributed by atoms with Gasteiger partial charge in [-0.3, -0.25) is 0 Å². The number of aliphatic hydroxyl groups excluding tert-OH is 2. The van der Waals surface area contributed by atoms with Crippen LogP contribution >= 0.6 is 0 Å². The Balaban J connectivity index is 0. The zero-order valence-corrected chi connectivity index (χ0v) is 5.45. The summed E-state index contributed by atoms with van der Waals surface area (Å²) in [5.74, 6) is -1.17. The molecule has 0 saturated heterocycles. The molecule has 0 aliphatic heterocycles. The van der Waals surface area contributed by atoms with Crippen molar-refractivity contribution in [1.82, 2.24) is 0 Å². The summed E-state index contributed by atoms with van der Waals surface area (Å²) < 4.78 is 0. The van der Waals surface area contributed by atoms with Gasteiger partial charge < -0.3 is 15.3 Å². The molecule has 0 heterocycles. The van der Waals surface area contributed by atoms with Crippen LogP contribution in [0, 0.1) is 0 Å². The van der Waals surface area contributed by atoms with Crippen LogP contribution in [0.5, 0.6) is 0 Å². The van der Waals surface area contributed by atoms with Gasteiger partial charge in [0.05, 0.1) is 6.61 Å². The first-order valence-electron chi connectivity index (χ1n) is 2.37. The van der Waals surface area contributed by atoms with Crippen molar-refractivity contribution >= 4 is 5.97 Å². The van der Waals surface area contributed by atoms with E-state index in [1.54, 1.807) is 0 Å². The standard InChI is InChI=1S/C3H6O2.C3H4O2/c1-3(5)2-4;1-2-3(4)5/h4-5H,1-2H2;2H,1H2,(H,4,5). The van der Waals surface area contributed by atoms with Gasteiger partial charge in [0.2, 0.25) is 0 Å². The van der Waals surface area contributed by atoms with Gasteiger partial charge in [-0.05, 0) is 0 Å². The summed E-state index contributed by atoms with van der Waals surface area (Å²) >= 11 is 0. The second-order valence-electron chi connectivity index (χ2n) is 1.27. The fraction of sp³-hybridized carbons (Fsp3) is 0.167. The van der Waals surface area contributed by atoms with Crippen molar-refractivity contribution < 1.29 is 20.1 Å². The van der Waals surface area contributed by atoms with Crippen molar-refractivity contribution in [2.24, 2.45) is 0 Å². The minimum absolute atomic E-state index is 0.190. The van der Waals surface area contributed by atoms with Gasteiger partial charge in [-0.1, -0.05) is 13.2 Å². The SMILES string of the molecule is C=C(O)CO.C=CC(=O)O. The Kier molecular flexibility index (Phi) is 8.87. The predicted molar refractivity (Wildman–Crippen MR) is 36.7 cm³/mol. The van der Waals surface area contributed by atoms with E-state index in [9.17, 15) is 4.79 Å². The monoisotopic (exact) mass is 146 g/mol. The molecular formula is C6H10O4. The van der Waals surface area contributed by atoms with Gasteiger partial charge in [0.25, 0.3) is 0 Å². The average Bonchev–Trinajstić information content (AvgIpc) is 1.89. The van der Waals surface area contributed by atoms with Gasteiger partial charge in [-0.15, -0.1) is 0 Å². The zero-order chi connectivity index (χ0) is 8.57. The summed E-state index contributed by atoms with van der Waals surface area (Å²) in [6.45, 7) is 5.61. The molecule has 0 unspecified atom stereocenters. The molecule has 0 aromatic rings. The molecule has 0 aromatic carbocycles. The van der Waals surface area contributed by atoms with E-state index in [-0.39, 0.29) is 12.4 Å². The maximum atomic E-state index is 9.25. The molecule has 4 nitrogen and oxygen atoms in total. The minimum atomic E-state index is -0.981.